The Balaban J connectivity index is 2.81. The molecule has 1 aromatic carbocycles. The summed E-state index contributed by atoms with van der Waals surface area (Å²) >= 11 is 0. The first-order valence-electron chi connectivity index (χ1n) is 5.91. The van der Waals surface area contributed by atoms with Gasteiger partial charge in [0, 0.05) is 12.0 Å². The van der Waals surface area contributed by atoms with Gasteiger partial charge in [-0.25, -0.2) is 0 Å². The van der Waals surface area contributed by atoms with Crippen molar-refractivity contribution in [3.63, 3.8) is 0 Å². The van der Waals surface area contributed by atoms with Gasteiger partial charge in [-0.3, -0.25) is 11.3 Å². The highest BCUT2D eigenvalue weighted by molar-refractivity contribution is 5.36. The second-order valence-corrected chi connectivity index (χ2v) is 3.66. The van der Waals surface area contributed by atoms with E-state index in [4.69, 9.17) is 10.6 Å². The van der Waals surface area contributed by atoms with Crippen LogP contribution in [-0.2, 0) is 0 Å². The lowest BCUT2D eigenvalue weighted by molar-refractivity contribution is 0.330. The minimum Gasteiger partial charge on any atom is -0.494 e. The quantitative estimate of drug-likeness (QED) is 0.450. The van der Waals surface area contributed by atoms with Gasteiger partial charge in [0.05, 0.1) is 12.6 Å². The molecule has 0 saturated heterocycles. The predicted octanol–water partition coefficient (Wildman–Crippen LogP) is 2.39. The van der Waals surface area contributed by atoms with Crippen LogP contribution in [0.5, 0.6) is 5.75 Å². The SMILES string of the molecule is CC#CCCC(NN)c1ccccc1OCC. The lowest BCUT2D eigenvalue weighted by atomic mass is 10.0. The summed E-state index contributed by atoms with van der Waals surface area (Å²) < 4.78 is 5.59. The molecule has 3 N–H and O–H groups in total. The number of nitrogens with two attached hydrogens (primary N) is 1. The van der Waals surface area contributed by atoms with E-state index in [0.29, 0.717) is 6.61 Å². The Morgan fingerprint density at radius 2 is 2.18 bits per heavy atom. The summed E-state index contributed by atoms with van der Waals surface area (Å²) in [7, 11) is 0. The fourth-order valence-corrected chi connectivity index (χ4v) is 1.73. The van der Waals surface area contributed by atoms with Gasteiger partial charge in [0.2, 0.25) is 0 Å². The van der Waals surface area contributed by atoms with Crippen molar-refractivity contribution in [2.24, 2.45) is 5.84 Å². The molecule has 0 aliphatic rings. The lowest BCUT2D eigenvalue weighted by Gasteiger charge is -2.18. The van der Waals surface area contributed by atoms with Gasteiger partial charge in [0.15, 0.2) is 0 Å². The zero-order valence-corrected chi connectivity index (χ0v) is 10.5. The van der Waals surface area contributed by atoms with Crippen molar-refractivity contribution in [3.8, 4) is 17.6 Å². The fraction of sp³-hybridized carbons (Fsp3) is 0.429. The first kappa shape index (κ1) is 13.6. The summed E-state index contributed by atoms with van der Waals surface area (Å²) in [5.74, 6) is 12.4. The Morgan fingerprint density at radius 1 is 1.41 bits per heavy atom. The molecule has 0 saturated carbocycles. The van der Waals surface area contributed by atoms with E-state index in [-0.39, 0.29) is 6.04 Å². The molecule has 1 aromatic rings. The number of hydrazine groups is 1. The number of hydrogen-bond donors (Lipinski definition) is 2. The summed E-state index contributed by atoms with van der Waals surface area (Å²) in [5.41, 5.74) is 3.92. The molecule has 0 heterocycles. The van der Waals surface area contributed by atoms with Gasteiger partial charge in [-0.05, 0) is 26.3 Å². The molecule has 92 valence electrons. The van der Waals surface area contributed by atoms with Gasteiger partial charge in [-0.1, -0.05) is 18.2 Å². The maximum atomic E-state index is 5.60. The first-order valence-corrected chi connectivity index (χ1v) is 5.91. The average molecular weight is 232 g/mol. The molecule has 0 amide bonds. The van der Waals surface area contributed by atoms with E-state index in [2.05, 4.69) is 17.3 Å². The summed E-state index contributed by atoms with van der Waals surface area (Å²) in [6.45, 7) is 4.48. The second-order valence-electron chi connectivity index (χ2n) is 3.66. The Labute approximate surface area is 103 Å². The summed E-state index contributed by atoms with van der Waals surface area (Å²) in [6, 6.07) is 8.05. The van der Waals surface area contributed by atoms with Crippen molar-refractivity contribution in [3.05, 3.63) is 29.8 Å². The molecule has 1 unspecified atom stereocenters. The van der Waals surface area contributed by atoms with Crippen LogP contribution in [-0.4, -0.2) is 6.61 Å². The molecule has 0 bridgehead atoms. The molecule has 0 fully saturated rings. The molecule has 0 aromatic heterocycles. The molecule has 0 aliphatic heterocycles. The third kappa shape index (κ3) is 4.10. The lowest BCUT2D eigenvalue weighted by Crippen LogP contribution is -2.28. The molecule has 1 atom stereocenters. The maximum Gasteiger partial charge on any atom is 0.124 e. The maximum absolute atomic E-state index is 5.60. The van der Waals surface area contributed by atoms with Gasteiger partial charge < -0.3 is 4.74 Å². The predicted molar refractivity (Wildman–Crippen MR) is 70.4 cm³/mol. The van der Waals surface area contributed by atoms with Crippen molar-refractivity contribution in [2.45, 2.75) is 32.7 Å². The third-order valence-electron chi connectivity index (χ3n) is 2.53. The molecular formula is C14H20N2O. The van der Waals surface area contributed by atoms with Gasteiger partial charge in [0.25, 0.3) is 0 Å². The van der Waals surface area contributed by atoms with E-state index in [1.54, 1.807) is 0 Å². The van der Waals surface area contributed by atoms with Crippen molar-refractivity contribution in [1.82, 2.24) is 5.43 Å². The van der Waals surface area contributed by atoms with Crippen LogP contribution in [0.2, 0.25) is 0 Å². The number of ether oxygens (including phenoxy) is 1. The fourth-order valence-electron chi connectivity index (χ4n) is 1.73. The Bertz CT molecular complexity index is 393. The summed E-state index contributed by atoms with van der Waals surface area (Å²) in [6.07, 6.45) is 1.70. The van der Waals surface area contributed by atoms with Crippen LogP contribution in [0.1, 0.15) is 38.3 Å². The average Bonchev–Trinajstić information content (AvgIpc) is 2.36. The van der Waals surface area contributed by atoms with Crippen LogP contribution in [0.3, 0.4) is 0 Å². The highest BCUT2D eigenvalue weighted by Gasteiger charge is 2.13. The van der Waals surface area contributed by atoms with E-state index in [0.717, 1.165) is 24.2 Å². The number of hydrogen-bond acceptors (Lipinski definition) is 3. The molecule has 17 heavy (non-hydrogen) atoms. The normalized spacial score (nSPS) is 11.5. The van der Waals surface area contributed by atoms with Crippen LogP contribution >= 0.6 is 0 Å². The highest BCUT2D eigenvalue weighted by atomic mass is 16.5. The van der Waals surface area contributed by atoms with Gasteiger partial charge in [-0.15, -0.1) is 11.8 Å². The standard InChI is InChI=1S/C14H20N2O/c1-3-5-6-10-13(16-15)12-9-7-8-11-14(12)17-4-2/h7-9,11,13,16H,4,6,10,15H2,1-2H3. The largest absolute Gasteiger partial charge is 0.494 e. The van der Waals surface area contributed by atoms with Gasteiger partial charge in [0.1, 0.15) is 5.75 Å². The van der Waals surface area contributed by atoms with Crippen molar-refractivity contribution in [1.29, 1.82) is 0 Å². The molecule has 0 aliphatic carbocycles. The Kier molecular flexibility index (Phi) is 6.16. The number of benzene rings is 1. The van der Waals surface area contributed by atoms with Crippen molar-refractivity contribution in [2.75, 3.05) is 6.61 Å². The minimum atomic E-state index is 0.0820. The molecular weight excluding hydrogens is 212 g/mol. The van der Waals surface area contributed by atoms with E-state index < -0.39 is 0 Å². The molecule has 3 heteroatoms. The second kappa shape index (κ2) is 7.72. The van der Waals surface area contributed by atoms with Crippen molar-refractivity contribution >= 4 is 0 Å². The summed E-state index contributed by atoms with van der Waals surface area (Å²) in [4.78, 5) is 0. The molecule has 1 rings (SSSR count). The smallest absolute Gasteiger partial charge is 0.124 e. The highest BCUT2D eigenvalue weighted by Crippen LogP contribution is 2.27. The van der Waals surface area contributed by atoms with Crippen LogP contribution in [0.15, 0.2) is 24.3 Å². The van der Waals surface area contributed by atoms with E-state index >= 15 is 0 Å². The van der Waals surface area contributed by atoms with E-state index in [1.165, 1.54) is 0 Å². The molecule has 0 spiro atoms. The van der Waals surface area contributed by atoms with Gasteiger partial charge in [-0.2, -0.15) is 0 Å². The number of rotatable bonds is 6. The van der Waals surface area contributed by atoms with Gasteiger partial charge >= 0.3 is 0 Å². The van der Waals surface area contributed by atoms with E-state index in [1.807, 2.05) is 38.1 Å². The molecule has 0 radical (unpaired) electrons. The molecule has 3 nitrogen and oxygen atoms in total. The van der Waals surface area contributed by atoms with Crippen LogP contribution in [0, 0.1) is 11.8 Å². The Hall–Kier alpha value is -1.50. The Morgan fingerprint density at radius 3 is 2.82 bits per heavy atom. The first-order chi connectivity index (χ1) is 8.33. The van der Waals surface area contributed by atoms with E-state index in [9.17, 15) is 0 Å². The van der Waals surface area contributed by atoms with Crippen LogP contribution in [0.4, 0.5) is 0 Å². The summed E-state index contributed by atoms with van der Waals surface area (Å²) in [5, 5.41) is 0. The van der Waals surface area contributed by atoms with Crippen LogP contribution < -0.4 is 16.0 Å². The number of para-hydroxylation sites is 1. The zero-order chi connectivity index (χ0) is 12.5. The van der Waals surface area contributed by atoms with Crippen LogP contribution in [0.25, 0.3) is 0 Å². The minimum absolute atomic E-state index is 0.0820. The zero-order valence-electron chi connectivity index (χ0n) is 10.5. The third-order valence-corrected chi connectivity index (χ3v) is 2.53. The number of nitrogens with one attached hydrogen (secondary N) is 1. The topological polar surface area (TPSA) is 47.3 Å². The monoisotopic (exact) mass is 232 g/mol. The van der Waals surface area contributed by atoms with Crippen molar-refractivity contribution < 1.29 is 4.74 Å².